The number of carbonyl (C=O) groups excluding carboxylic acids is 1. The topological polar surface area (TPSA) is 46.3 Å². The van der Waals surface area contributed by atoms with Crippen LogP contribution >= 0.6 is 0 Å². The first-order valence-corrected chi connectivity index (χ1v) is 5.96. The van der Waals surface area contributed by atoms with E-state index in [1.165, 1.54) is 0 Å². The first kappa shape index (κ1) is 12.5. The van der Waals surface area contributed by atoms with Gasteiger partial charge in [-0.05, 0) is 24.2 Å². The van der Waals surface area contributed by atoms with Crippen molar-refractivity contribution in [2.45, 2.75) is 46.7 Å². The number of rotatable bonds is 2. The molecule has 0 radical (unpaired) electrons. The van der Waals surface area contributed by atoms with E-state index in [0.717, 1.165) is 13.0 Å². The van der Waals surface area contributed by atoms with Crippen LogP contribution in [0.5, 0.6) is 0 Å². The van der Waals surface area contributed by atoms with Crippen molar-refractivity contribution in [1.29, 1.82) is 0 Å². The fourth-order valence-electron chi connectivity index (χ4n) is 2.35. The summed E-state index contributed by atoms with van der Waals surface area (Å²) in [5, 5.41) is 0. The summed E-state index contributed by atoms with van der Waals surface area (Å²) in [5.74, 6) is 1.62. The Labute approximate surface area is 93.0 Å². The smallest absolute Gasteiger partial charge is 0.224 e. The third-order valence-corrected chi connectivity index (χ3v) is 3.20. The first-order chi connectivity index (χ1) is 6.91. The summed E-state index contributed by atoms with van der Waals surface area (Å²) < 4.78 is 0. The molecule has 1 rings (SSSR count). The van der Waals surface area contributed by atoms with Crippen LogP contribution in [0.4, 0.5) is 0 Å². The predicted octanol–water partition coefficient (Wildman–Crippen LogP) is 1.82. The summed E-state index contributed by atoms with van der Waals surface area (Å²) in [6.45, 7) is 9.31. The van der Waals surface area contributed by atoms with E-state index in [1.54, 1.807) is 0 Å². The van der Waals surface area contributed by atoms with Crippen LogP contribution in [0.2, 0.25) is 0 Å². The molecule has 0 bridgehead atoms. The molecule has 1 heterocycles. The van der Waals surface area contributed by atoms with Gasteiger partial charge in [-0.25, -0.2) is 0 Å². The second-order valence-electron chi connectivity index (χ2n) is 5.43. The van der Waals surface area contributed by atoms with E-state index in [9.17, 15) is 4.79 Å². The number of nitrogens with zero attached hydrogens (tertiary/aromatic N) is 1. The second kappa shape index (κ2) is 4.97. The Balaban J connectivity index is 2.73. The first-order valence-electron chi connectivity index (χ1n) is 5.96. The van der Waals surface area contributed by atoms with E-state index >= 15 is 0 Å². The normalized spacial score (nSPS) is 30.5. The molecular weight excluding hydrogens is 188 g/mol. The zero-order valence-electron chi connectivity index (χ0n) is 10.4. The lowest BCUT2D eigenvalue weighted by Gasteiger charge is -2.31. The Bertz CT molecular complexity index is 228. The summed E-state index contributed by atoms with van der Waals surface area (Å²) in [7, 11) is 0. The summed E-state index contributed by atoms with van der Waals surface area (Å²) in [5.41, 5.74) is 6.06. The van der Waals surface area contributed by atoms with Crippen molar-refractivity contribution in [3.8, 4) is 0 Å². The van der Waals surface area contributed by atoms with Gasteiger partial charge in [-0.15, -0.1) is 0 Å². The zero-order valence-corrected chi connectivity index (χ0v) is 10.4. The van der Waals surface area contributed by atoms with E-state index < -0.39 is 0 Å². The number of likely N-dealkylation sites (tertiary alicyclic amines) is 1. The van der Waals surface area contributed by atoms with Crippen LogP contribution in [0, 0.1) is 17.8 Å². The molecular formula is C12H24N2O. The highest BCUT2D eigenvalue weighted by atomic mass is 16.2. The minimum absolute atomic E-state index is 0.120. The molecule has 1 aliphatic heterocycles. The lowest BCUT2D eigenvalue weighted by molar-refractivity contribution is -0.134. The molecule has 1 aliphatic rings. The van der Waals surface area contributed by atoms with Gasteiger partial charge in [0.05, 0.1) is 6.17 Å². The van der Waals surface area contributed by atoms with Crippen molar-refractivity contribution < 1.29 is 4.79 Å². The molecule has 2 N–H and O–H groups in total. The maximum Gasteiger partial charge on any atom is 0.224 e. The van der Waals surface area contributed by atoms with E-state index in [1.807, 2.05) is 4.90 Å². The molecule has 15 heavy (non-hydrogen) atoms. The van der Waals surface area contributed by atoms with Crippen LogP contribution < -0.4 is 5.73 Å². The van der Waals surface area contributed by atoms with Gasteiger partial charge in [0.2, 0.25) is 5.91 Å². The maximum atomic E-state index is 12.0. The highest BCUT2D eigenvalue weighted by Gasteiger charge is 2.29. The van der Waals surface area contributed by atoms with Crippen molar-refractivity contribution in [2.75, 3.05) is 6.54 Å². The third-order valence-electron chi connectivity index (χ3n) is 3.20. The number of hydrogen-bond acceptors (Lipinski definition) is 2. The van der Waals surface area contributed by atoms with Gasteiger partial charge in [-0.1, -0.05) is 27.7 Å². The fourth-order valence-corrected chi connectivity index (χ4v) is 2.35. The molecule has 88 valence electrons. The molecule has 3 heteroatoms. The van der Waals surface area contributed by atoms with E-state index in [-0.39, 0.29) is 12.1 Å². The van der Waals surface area contributed by atoms with Crippen molar-refractivity contribution in [2.24, 2.45) is 23.5 Å². The average Bonchev–Trinajstić information content (AvgIpc) is 2.23. The summed E-state index contributed by atoms with van der Waals surface area (Å²) >= 11 is 0. The molecule has 0 aliphatic carbocycles. The fraction of sp³-hybridized carbons (Fsp3) is 0.917. The molecule has 3 atom stereocenters. The highest BCUT2D eigenvalue weighted by molar-refractivity contribution is 5.77. The number of carbonyl (C=O) groups is 1. The predicted molar refractivity (Wildman–Crippen MR) is 62.1 cm³/mol. The van der Waals surface area contributed by atoms with Crippen LogP contribution in [0.3, 0.4) is 0 Å². The van der Waals surface area contributed by atoms with Crippen LogP contribution in [-0.2, 0) is 4.79 Å². The van der Waals surface area contributed by atoms with Gasteiger partial charge in [-0.3, -0.25) is 4.79 Å². The zero-order chi connectivity index (χ0) is 11.6. The minimum atomic E-state index is -0.120. The number of amides is 1. The monoisotopic (exact) mass is 212 g/mol. The van der Waals surface area contributed by atoms with Gasteiger partial charge >= 0.3 is 0 Å². The van der Waals surface area contributed by atoms with Gasteiger partial charge in [0, 0.05) is 13.0 Å². The molecule has 0 saturated carbocycles. The van der Waals surface area contributed by atoms with Crippen molar-refractivity contribution in [3.63, 3.8) is 0 Å². The molecule has 0 spiro atoms. The lowest BCUT2D eigenvalue weighted by atomic mass is 9.97. The van der Waals surface area contributed by atoms with Gasteiger partial charge in [0.15, 0.2) is 0 Å². The van der Waals surface area contributed by atoms with Crippen LogP contribution in [-0.4, -0.2) is 23.5 Å². The molecule has 3 nitrogen and oxygen atoms in total. The molecule has 0 unspecified atom stereocenters. The van der Waals surface area contributed by atoms with Gasteiger partial charge < -0.3 is 10.6 Å². The SMILES string of the molecule is CC(C)[C@H](N)N1C[C@@H](C)C[C@@H](C)CC1=O. The highest BCUT2D eigenvalue weighted by Crippen LogP contribution is 2.24. The van der Waals surface area contributed by atoms with Gasteiger partial charge in [0.25, 0.3) is 0 Å². The van der Waals surface area contributed by atoms with Crippen molar-refractivity contribution in [3.05, 3.63) is 0 Å². The van der Waals surface area contributed by atoms with Crippen LogP contribution in [0.1, 0.15) is 40.5 Å². The third kappa shape index (κ3) is 3.20. The summed E-state index contributed by atoms with van der Waals surface area (Å²) in [4.78, 5) is 13.8. The van der Waals surface area contributed by atoms with Gasteiger partial charge in [0.1, 0.15) is 0 Å². The van der Waals surface area contributed by atoms with Crippen molar-refractivity contribution >= 4 is 5.91 Å². The van der Waals surface area contributed by atoms with E-state index in [4.69, 9.17) is 5.73 Å². The quantitative estimate of drug-likeness (QED) is 0.759. The lowest BCUT2D eigenvalue weighted by Crippen LogP contribution is -2.49. The minimum Gasteiger partial charge on any atom is -0.327 e. The summed E-state index contributed by atoms with van der Waals surface area (Å²) in [6.07, 6.45) is 1.67. The van der Waals surface area contributed by atoms with Crippen molar-refractivity contribution in [1.82, 2.24) is 4.90 Å². The molecule has 1 amide bonds. The van der Waals surface area contributed by atoms with Gasteiger partial charge in [-0.2, -0.15) is 0 Å². The molecule has 1 saturated heterocycles. The molecule has 0 aromatic carbocycles. The largest absolute Gasteiger partial charge is 0.327 e. The Morgan fingerprint density at radius 2 is 1.93 bits per heavy atom. The van der Waals surface area contributed by atoms with E-state index in [2.05, 4.69) is 27.7 Å². The van der Waals surface area contributed by atoms with E-state index in [0.29, 0.717) is 24.2 Å². The molecule has 0 aromatic heterocycles. The maximum absolute atomic E-state index is 12.0. The molecule has 0 aromatic rings. The summed E-state index contributed by atoms with van der Waals surface area (Å²) in [6, 6.07) is 0. The molecule has 1 fully saturated rings. The Hall–Kier alpha value is -0.570. The Morgan fingerprint density at radius 3 is 2.47 bits per heavy atom. The van der Waals surface area contributed by atoms with Crippen LogP contribution in [0.25, 0.3) is 0 Å². The standard InChI is InChI=1S/C12H24N2O/c1-8(2)12(13)14-7-10(4)5-9(3)6-11(14)15/h8-10,12H,5-7,13H2,1-4H3/t9-,10+,12-/m1/s1. The number of hydrogen-bond donors (Lipinski definition) is 1. The average molecular weight is 212 g/mol. The second-order valence-corrected chi connectivity index (χ2v) is 5.43. The number of nitrogens with two attached hydrogens (primary N) is 1. The Kier molecular flexibility index (Phi) is 4.14. The Morgan fingerprint density at radius 1 is 1.33 bits per heavy atom. The van der Waals surface area contributed by atoms with Crippen LogP contribution in [0.15, 0.2) is 0 Å².